The van der Waals surface area contributed by atoms with Gasteiger partial charge in [0.1, 0.15) is 17.3 Å². The number of piperidine rings is 1. The summed E-state index contributed by atoms with van der Waals surface area (Å²) in [5.41, 5.74) is 4.15. The van der Waals surface area contributed by atoms with Crippen LogP contribution in [0.25, 0.3) is 0 Å². The second-order valence-electron chi connectivity index (χ2n) is 27.7. The van der Waals surface area contributed by atoms with E-state index in [1.165, 1.54) is 38.5 Å². The first kappa shape index (κ1) is 68.7. The Bertz CT molecular complexity index is 3240. The van der Waals surface area contributed by atoms with Crippen LogP contribution in [-0.2, 0) is 4.79 Å². The molecule has 93 heavy (non-hydrogen) atoms. The van der Waals surface area contributed by atoms with Crippen LogP contribution in [0.3, 0.4) is 0 Å². The predicted molar refractivity (Wildman–Crippen MR) is 354 cm³/mol. The van der Waals surface area contributed by atoms with Gasteiger partial charge in [-0.05, 0) is 176 Å². The molecular weight excluding hydrogens is 1180 g/mol. The van der Waals surface area contributed by atoms with E-state index in [1.54, 1.807) is 29.2 Å². The van der Waals surface area contributed by atoms with E-state index in [9.17, 15) is 33.9 Å². The SMILES string of the molecule is CCCCC(=O)N1CCCC(C(C)NC(=O)c2cc(C3CC3)on2)C1.CCCCN(C)C(=O)c1cccc(C(NC(=O)c2cc(C3CC3)on2)C2CCCCC2)c1.O=C(NCC(O)CN1CCCC1)c1cccc(C(NC(=O)c2cc(C3CC3)on2)C2CCCCC2)c1. The summed E-state index contributed by atoms with van der Waals surface area (Å²) in [6.07, 6.45) is 26.4. The van der Waals surface area contributed by atoms with Crippen molar-refractivity contribution in [3.8, 4) is 0 Å². The second kappa shape index (κ2) is 33.8. The molecule has 7 aliphatic rings. The van der Waals surface area contributed by atoms with E-state index in [-0.39, 0.29) is 66.0 Å². The summed E-state index contributed by atoms with van der Waals surface area (Å²) in [6, 6.07) is 20.3. The number of nitrogens with zero attached hydrogens (tertiary/aromatic N) is 6. The molecule has 3 aromatic heterocycles. The molecule has 2 aromatic carbocycles. The molecule has 5 heterocycles. The van der Waals surface area contributed by atoms with Crippen LogP contribution in [0.5, 0.6) is 0 Å². The molecule has 6 amide bonds. The Kier molecular flexibility index (Phi) is 24.9. The van der Waals surface area contributed by atoms with E-state index >= 15 is 0 Å². The molecule has 2 saturated heterocycles. The molecule has 5 saturated carbocycles. The Morgan fingerprint density at radius 1 is 0.559 bits per heavy atom. The van der Waals surface area contributed by atoms with Gasteiger partial charge in [0.2, 0.25) is 5.91 Å². The summed E-state index contributed by atoms with van der Waals surface area (Å²) in [5.74, 6) is 4.09. The van der Waals surface area contributed by atoms with Crippen LogP contribution in [0.1, 0.15) is 292 Å². The van der Waals surface area contributed by atoms with Gasteiger partial charge >= 0.3 is 0 Å². The monoisotopic (exact) mass is 1280 g/mol. The molecule has 0 spiro atoms. The fourth-order valence-electron chi connectivity index (χ4n) is 13.8. The molecule has 5 N–H and O–H groups in total. The maximum Gasteiger partial charge on any atom is 0.273 e. The third kappa shape index (κ3) is 19.9. The summed E-state index contributed by atoms with van der Waals surface area (Å²) >= 11 is 0. The van der Waals surface area contributed by atoms with Crippen molar-refractivity contribution in [2.24, 2.45) is 17.8 Å². The Morgan fingerprint density at radius 2 is 1.03 bits per heavy atom. The predicted octanol–water partition coefficient (Wildman–Crippen LogP) is 12.4. The number of carbonyl (C=O) groups excluding carboxylic acids is 6. The molecule has 7 fully saturated rings. The molecule has 20 heteroatoms. The number of β-amino-alcohol motifs (C(OH)–C–C–N with tert-alkyl or cyclic N) is 1. The van der Waals surface area contributed by atoms with Crippen molar-refractivity contribution < 1.29 is 47.4 Å². The zero-order valence-corrected chi connectivity index (χ0v) is 55.6. The zero-order chi connectivity index (χ0) is 65.2. The van der Waals surface area contributed by atoms with Crippen LogP contribution in [0, 0.1) is 17.8 Å². The van der Waals surface area contributed by atoms with E-state index in [1.807, 2.05) is 61.3 Å². The Balaban J connectivity index is 0.000000155. The number of benzene rings is 2. The molecule has 5 unspecified atom stereocenters. The quantitative estimate of drug-likeness (QED) is 0.0345. The summed E-state index contributed by atoms with van der Waals surface area (Å²) in [7, 11) is 1.85. The summed E-state index contributed by atoms with van der Waals surface area (Å²) in [4.78, 5) is 82.7. The normalized spacial score (nSPS) is 20.0. The molecule has 504 valence electrons. The van der Waals surface area contributed by atoms with E-state index in [0.717, 1.165) is 177 Å². The highest BCUT2D eigenvalue weighted by Gasteiger charge is 2.36. The molecule has 2 aliphatic heterocycles. The van der Waals surface area contributed by atoms with E-state index in [0.29, 0.717) is 70.8 Å². The van der Waals surface area contributed by atoms with E-state index < -0.39 is 6.10 Å². The lowest BCUT2D eigenvalue weighted by Gasteiger charge is -2.36. The number of rotatable bonds is 26. The third-order valence-corrected chi connectivity index (χ3v) is 20.0. The number of carbonyl (C=O) groups is 6. The van der Waals surface area contributed by atoms with Gasteiger partial charge in [-0.1, -0.05) is 105 Å². The summed E-state index contributed by atoms with van der Waals surface area (Å²) in [5, 5.41) is 34.6. The van der Waals surface area contributed by atoms with Gasteiger partial charge in [-0.3, -0.25) is 28.8 Å². The highest BCUT2D eigenvalue weighted by Crippen LogP contribution is 2.43. The van der Waals surface area contributed by atoms with Crippen LogP contribution >= 0.6 is 0 Å². The Morgan fingerprint density at radius 3 is 1.53 bits per heavy atom. The first-order valence-electron chi connectivity index (χ1n) is 35.5. The molecule has 0 bridgehead atoms. The van der Waals surface area contributed by atoms with Crippen LogP contribution < -0.4 is 21.3 Å². The lowest BCUT2D eigenvalue weighted by atomic mass is 9.80. The van der Waals surface area contributed by atoms with E-state index in [4.69, 9.17) is 13.6 Å². The number of likely N-dealkylation sites (tertiary alicyclic amines) is 2. The zero-order valence-electron chi connectivity index (χ0n) is 55.6. The summed E-state index contributed by atoms with van der Waals surface area (Å²) in [6.45, 7) is 11.4. The van der Waals surface area contributed by atoms with Crippen molar-refractivity contribution in [3.63, 3.8) is 0 Å². The number of amides is 6. The topological polar surface area (TPSA) is 259 Å². The molecule has 5 aromatic rings. The Labute approximate surface area is 549 Å². The number of aliphatic hydroxyl groups is 1. The smallest absolute Gasteiger partial charge is 0.273 e. The van der Waals surface area contributed by atoms with Gasteiger partial charge in [-0.2, -0.15) is 0 Å². The first-order chi connectivity index (χ1) is 45.2. The van der Waals surface area contributed by atoms with Crippen LogP contribution in [0.4, 0.5) is 0 Å². The molecule has 20 nitrogen and oxygen atoms in total. The minimum Gasteiger partial charge on any atom is -0.390 e. The minimum atomic E-state index is -0.590. The van der Waals surface area contributed by atoms with Gasteiger partial charge in [0.25, 0.3) is 29.5 Å². The molecule has 5 atom stereocenters. The number of aliphatic hydroxyl groups excluding tert-OH is 1. The second-order valence-corrected chi connectivity index (χ2v) is 27.7. The lowest BCUT2D eigenvalue weighted by Crippen LogP contribution is -2.48. The van der Waals surface area contributed by atoms with Gasteiger partial charge in [-0.25, -0.2) is 0 Å². The highest BCUT2D eigenvalue weighted by molar-refractivity contribution is 5.96. The molecular formula is C73H102N10O10. The van der Waals surface area contributed by atoms with Gasteiger partial charge in [-0.15, -0.1) is 0 Å². The Hall–Kier alpha value is -7.19. The number of nitrogens with one attached hydrogen (secondary N) is 4. The van der Waals surface area contributed by atoms with Crippen LogP contribution in [0.15, 0.2) is 80.3 Å². The molecule has 0 radical (unpaired) electrons. The van der Waals surface area contributed by atoms with E-state index in [2.05, 4.69) is 55.5 Å². The van der Waals surface area contributed by atoms with Crippen LogP contribution in [0.2, 0.25) is 0 Å². The van der Waals surface area contributed by atoms with Crippen molar-refractivity contribution in [2.75, 3.05) is 52.9 Å². The van der Waals surface area contributed by atoms with Gasteiger partial charge in [0, 0.05) is 99.3 Å². The van der Waals surface area contributed by atoms with Crippen LogP contribution in [-0.4, -0.2) is 136 Å². The van der Waals surface area contributed by atoms with Crippen molar-refractivity contribution >= 4 is 35.4 Å². The molecule has 5 aliphatic carbocycles. The third-order valence-electron chi connectivity index (χ3n) is 20.0. The largest absolute Gasteiger partial charge is 0.390 e. The fourth-order valence-corrected chi connectivity index (χ4v) is 13.8. The number of aromatic nitrogens is 3. The van der Waals surface area contributed by atoms with Crippen molar-refractivity contribution in [3.05, 3.63) is 123 Å². The lowest BCUT2D eigenvalue weighted by molar-refractivity contribution is -0.133. The average Bonchev–Trinajstić information content (AvgIpc) is 1.87. The van der Waals surface area contributed by atoms with Gasteiger partial charge in [0.15, 0.2) is 17.1 Å². The van der Waals surface area contributed by atoms with Gasteiger partial charge in [0.05, 0.1) is 18.2 Å². The van der Waals surface area contributed by atoms with Crippen molar-refractivity contribution in [2.45, 2.75) is 223 Å². The molecule has 12 rings (SSSR count). The average molecular weight is 1280 g/mol. The first-order valence-corrected chi connectivity index (χ1v) is 35.5. The fraction of sp³-hybridized carbons (Fsp3) is 0.630. The number of hydrogen-bond donors (Lipinski definition) is 5. The standard InChI is InChI=1S/C28H38N4O4.C26H35N3O3.C19H29N3O3/c33-23(18-32-13-4-5-14-32)17-29-27(34)22-10-6-9-21(15-22)26(20-7-2-1-3-8-20)30-28(35)24-16-25(36-31-24)19-11-12-19;1-3-4-15-29(2)26(31)21-12-8-11-20(16-21)24(19-9-6-5-7-10-19)27-25(30)22-17-23(32-28-22)18-13-14-18;1-3-4-7-18(23)22-10-5-6-15(12-22)13(2)20-19(24)16-11-17(25-21-16)14-8-9-14/h6,9-10,15-16,19-20,23,26,33H,1-5,7-8,11-14,17-18H2,(H,29,34)(H,30,35);8,11-12,16-19,24H,3-7,9-10,13-15H2,1-2H3,(H,27,30);11,13-15H,3-10,12H2,1-2H3,(H,20,24). The number of hydrogen-bond acceptors (Lipinski definition) is 14. The van der Waals surface area contributed by atoms with Crippen molar-refractivity contribution in [1.29, 1.82) is 0 Å². The van der Waals surface area contributed by atoms with Gasteiger partial charge < -0.3 is 54.6 Å². The van der Waals surface area contributed by atoms with Crippen molar-refractivity contribution in [1.82, 2.24) is 51.4 Å². The minimum absolute atomic E-state index is 0.00958. The number of unbranched alkanes of at least 4 members (excludes halogenated alkanes) is 2. The highest BCUT2D eigenvalue weighted by atomic mass is 16.5. The summed E-state index contributed by atoms with van der Waals surface area (Å²) < 4.78 is 16.0. The maximum absolute atomic E-state index is 13.1. The maximum atomic E-state index is 13.1.